The maximum absolute atomic E-state index is 6.26. The van der Waals surface area contributed by atoms with Crippen LogP contribution < -0.4 is 16.0 Å². The van der Waals surface area contributed by atoms with E-state index in [2.05, 4.69) is 12.3 Å². The van der Waals surface area contributed by atoms with Crippen LogP contribution in [0.25, 0.3) is 0 Å². The predicted octanol–water partition coefficient (Wildman–Crippen LogP) is 3.48. The van der Waals surface area contributed by atoms with Crippen LogP contribution in [0.15, 0.2) is 12.1 Å². The van der Waals surface area contributed by atoms with Crippen molar-refractivity contribution < 1.29 is 4.74 Å². The Morgan fingerprint density at radius 3 is 3.05 bits per heavy atom. The van der Waals surface area contributed by atoms with Crippen molar-refractivity contribution in [2.45, 2.75) is 51.5 Å². The molecular formula is C17H25ClN2O. The average Bonchev–Trinajstić information content (AvgIpc) is 2.92. The smallest absolute Gasteiger partial charge is 0.125 e. The number of nitrogens with two attached hydrogens (primary N) is 1. The van der Waals surface area contributed by atoms with E-state index in [4.69, 9.17) is 22.2 Å². The highest BCUT2D eigenvalue weighted by atomic mass is 35.5. The fraction of sp³-hybridized carbons (Fsp3) is 0.647. The minimum absolute atomic E-state index is 0.305. The van der Waals surface area contributed by atoms with Gasteiger partial charge in [-0.15, -0.1) is 0 Å². The van der Waals surface area contributed by atoms with Gasteiger partial charge in [-0.05, 0) is 54.4 Å². The van der Waals surface area contributed by atoms with E-state index in [1.54, 1.807) is 0 Å². The predicted molar refractivity (Wildman–Crippen MR) is 86.6 cm³/mol. The van der Waals surface area contributed by atoms with Gasteiger partial charge < -0.3 is 4.74 Å². The molecule has 1 aliphatic heterocycles. The molecule has 0 aromatic heterocycles. The first-order valence-electron chi connectivity index (χ1n) is 8.07. The zero-order valence-corrected chi connectivity index (χ0v) is 13.5. The van der Waals surface area contributed by atoms with E-state index in [1.165, 1.54) is 36.8 Å². The third-order valence-electron chi connectivity index (χ3n) is 5.03. The van der Waals surface area contributed by atoms with Crippen LogP contribution in [0.1, 0.15) is 43.7 Å². The summed E-state index contributed by atoms with van der Waals surface area (Å²) in [7, 11) is 0. The zero-order valence-electron chi connectivity index (χ0n) is 12.7. The molecule has 3 unspecified atom stereocenters. The minimum atomic E-state index is 0.305. The van der Waals surface area contributed by atoms with Gasteiger partial charge in [0.05, 0.1) is 6.61 Å². The van der Waals surface area contributed by atoms with Crippen LogP contribution in [-0.4, -0.2) is 12.6 Å². The van der Waals surface area contributed by atoms with Gasteiger partial charge in [0.25, 0.3) is 0 Å². The van der Waals surface area contributed by atoms with Crippen LogP contribution in [0.5, 0.6) is 5.75 Å². The third-order valence-corrected chi connectivity index (χ3v) is 5.24. The molecule has 0 saturated heterocycles. The second-order valence-corrected chi connectivity index (χ2v) is 7.10. The van der Waals surface area contributed by atoms with Gasteiger partial charge in [0.2, 0.25) is 0 Å². The Morgan fingerprint density at radius 1 is 1.43 bits per heavy atom. The first kappa shape index (κ1) is 15.1. The van der Waals surface area contributed by atoms with Crippen LogP contribution in [-0.2, 0) is 12.8 Å². The van der Waals surface area contributed by atoms with Gasteiger partial charge in [-0.25, -0.2) is 0 Å². The SMILES string of the molecule is CC1CCCC(C(Cc2cc(Cl)cc3c2OCC3)NN)C1. The van der Waals surface area contributed by atoms with Gasteiger partial charge in [-0.1, -0.05) is 31.4 Å². The van der Waals surface area contributed by atoms with Crippen molar-refractivity contribution in [1.82, 2.24) is 5.43 Å². The lowest BCUT2D eigenvalue weighted by atomic mass is 9.77. The van der Waals surface area contributed by atoms with Crippen molar-refractivity contribution >= 4 is 11.6 Å². The number of benzene rings is 1. The van der Waals surface area contributed by atoms with Crippen LogP contribution in [0, 0.1) is 11.8 Å². The molecule has 3 atom stereocenters. The highest BCUT2D eigenvalue weighted by molar-refractivity contribution is 6.30. The molecule has 1 aromatic rings. The highest BCUT2D eigenvalue weighted by Gasteiger charge is 2.28. The number of nitrogens with one attached hydrogen (secondary N) is 1. The monoisotopic (exact) mass is 308 g/mol. The maximum Gasteiger partial charge on any atom is 0.125 e. The summed E-state index contributed by atoms with van der Waals surface area (Å²) >= 11 is 6.26. The van der Waals surface area contributed by atoms with Crippen molar-refractivity contribution in [3.63, 3.8) is 0 Å². The summed E-state index contributed by atoms with van der Waals surface area (Å²) in [5.41, 5.74) is 5.50. The van der Waals surface area contributed by atoms with E-state index < -0.39 is 0 Å². The van der Waals surface area contributed by atoms with Crippen LogP contribution >= 0.6 is 11.6 Å². The summed E-state index contributed by atoms with van der Waals surface area (Å²) in [6.45, 7) is 3.11. The molecule has 3 rings (SSSR count). The van der Waals surface area contributed by atoms with Crippen LogP contribution in [0.2, 0.25) is 5.02 Å². The molecule has 1 heterocycles. The number of fused-ring (bicyclic) bond motifs is 1. The largest absolute Gasteiger partial charge is 0.493 e. The Balaban J connectivity index is 1.78. The van der Waals surface area contributed by atoms with Gasteiger partial charge in [0, 0.05) is 17.5 Å². The molecule has 4 heteroatoms. The maximum atomic E-state index is 6.26. The van der Waals surface area contributed by atoms with Crippen molar-refractivity contribution in [2.75, 3.05) is 6.61 Å². The van der Waals surface area contributed by atoms with E-state index in [0.717, 1.165) is 36.1 Å². The first-order chi connectivity index (χ1) is 10.2. The van der Waals surface area contributed by atoms with Gasteiger partial charge >= 0.3 is 0 Å². The van der Waals surface area contributed by atoms with Crippen molar-refractivity contribution in [2.24, 2.45) is 17.7 Å². The van der Waals surface area contributed by atoms with Gasteiger partial charge in [0.15, 0.2) is 0 Å². The molecule has 3 nitrogen and oxygen atoms in total. The number of halogens is 1. The number of hydrazine groups is 1. The van der Waals surface area contributed by atoms with Gasteiger partial charge in [-0.2, -0.15) is 0 Å². The van der Waals surface area contributed by atoms with E-state index in [1.807, 2.05) is 12.1 Å². The molecule has 21 heavy (non-hydrogen) atoms. The summed E-state index contributed by atoms with van der Waals surface area (Å²) in [4.78, 5) is 0. The number of hydrogen-bond donors (Lipinski definition) is 2. The fourth-order valence-corrected chi connectivity index (χ4v) is 4.21. The number of ether oxygens (including phenoxy) is 1. The fourth-order valence-electron chi connectivity index (χ4n) is 3.94. The molecular weight excluding hydrogens is 284 g/mol. The normalized spacial score (nSPS) is 26.2. The summed E-state index contributed by atoms with van der Waals surface area (Å²) in [5, 5.41) is 0.807. The highest BCUT2D eigenvalue weighted by Crippen LogP contribution is 2.36. The molecule has 1 fully saturated rings. The topological polar surface area (TPSA) is 47.3 Å². The average molecular weight is 309 g/mol. The Morgan fingerprint density at radius 2 is 2.29 bits per heavy atom. The summed E-state index contributed by atoms with van der Waals surface area (Å²) in [6.07, 6.45) is 7.06. The Hall–Kier alpha value is -0.770. The molecule has 0 bridgehead atoms. The third kappa shape index (κ3) is 3.36. The molecule has 116 valence electrons. The Kier molecular flexibility index (Phi) is 4.72. The van der Waals surface area contributed by atoms with Crippen LogP contribution in [0.3, 0.4) is 0 Å². The molecule has 0 spiro atoms. The van der Waals surface area contributed by atoms with E-state index >= 15 is 0 Å². The van der Waals surface area contributed by atoms with Crippen molar-refractivity contribution in [3.05, 3.63) is 28.3 Å². The molecule has 1 saturated carbocycles. The summed E-state index contributed by atoms with van der Waals surface area (Å²) in [5.74, 6) is 8.36. The Bertz CT molecular complexity index is 506. The van der Waals surface area contributed by atoms with Crippen molar-refractivity contribution in [3.8, 4) is 5.75 Å². The molecule has 1 aliphatic carbocycles. The molecule has 0 radical (unpaired) electrons. The quantitative estimate of drug-likeness (QED) is 0.661. The van der Waals surface area contributed by atoms with Gasteiger partial charge in [0.1, 0.15) is 5.75 Å². The second-order valence-electron chi connectivity index (χ2n) is 6.66. The standard InChI is InChI=1S/C17H25ClN2O/c1-11-3-2-4-12(7-11)16(20-19)10-14-9-15(18)8-13-5-6-21-17(13)14/h8-9,11-12,16,20H,2-7,10,19H2,1H3. The van der Waals surface area contributed by atoms with E-state index in [9.17, 15) is 0 Å². The molecule has 0 amide bonds. The molecule has 2 aliphatic rings. The Labute approximate surface area is 132 Å². The first-order valence-corrected chi connectivity index (χ1v) is 8.45. The molecule has 3 N–H and O–H groups in total. The van der Waals surface area contributed by atoms with E-state index in [-0.39, 0.29) is 0 Å². The zero-order chi connectivity index (χ0) is 14.8. The lowest BCUT2D eigenvalue weighted by Crippen LogP contribution is -2.44. The van der Waals surface area contributed by atoms with Crippen LogP contribution in [0.4, 0.5) is 0 Å². The lowest BCUT2D eigenvalue weighted by molar-refractivity contribution is 0.221. The lowest BCUT2D eigenvalue weighted by Gasteiger charge is -2.33. The molecule has 1 aromatic carbocycles. The van der Waals surface area contributed by atoms with E-state index in [0.29, 0.717) is 12.0 Å². The summed E-state index contributed by atoms with van der Waals surface area (Å²) in [6, 6.07) is 4.38. The minimum Gasteiger partial charge on any atom is -0.493 e. The summed E-state index contributed by atoms with van der Waals surface area (Å²) < 4.78 is 5.81. The number of hydrogen-bond acceptors (Lipinski definition) is 3. The second kappa shape index (κ2) is 6.55. The van der Waals surface area contributed by atoms with Gasteiger partial charge in [-0.3, -0.25) is 11.3 Å². The van der Waals surface area contributed by atoms with Crippen molar-refractivity contribution in [1.29, 1.82) is 0 Å². The number of rotatable bonds is 4.